The quantitative estimate of drug-likeness (QED) is 0.356. The number of halogens is 3. The maximum absolute atomic E-state index is 13.3. The number of nitrogens with one attached hydrogen (secondary N) is 1. The highest BCUT2D eigenvalue weighted by Gasteiger charge is 2.19. The zero-order valence-electron chi connectivity index (χ0n) is 16.3. The lowest BCUT2D eigenvalue weighted by Crippen LogP contribution is -2.22. The minimum absolute atomic E-state index is 0.124. The van der Waals surface area contributed by atoms with Crippen molar-refractivity contribution in [1.29, 1.82) is 0 Å². The van der Waals surface area contributed by atoms with Crippen molar-refractivity contribution < 1.29 is 13.6 Å². The lowest BCUT2D eigenvalue weighted by Gasteiger charge is -2.14. The zero-order valence-corrected chi connectivity index (χ0v) is 17.8. The number of benzene rings is 3. The minimum Gasteiger partial charge on any atom is -0.324 e. The number of carbonyl (C=O) groups is 1. The lowest BCUT2D eigenvalue weighted by molar-refractivity contribution is -0.115. The molecule has 1 unspecified atom stereocenters. The van der Waals surface area contributed by atoms with Gasteiger partial charge in [0, 0.05) is 16.3 Å². The van der Waals surface area contributed by atoms with E-state index in [-0.39, 0.29) is 16.7 Å². The fourth-order valence-electron chi connectivity index (χ4n) is 3.03. The zero-order chi connectivity index (χ0) is 22.0. The van der Waals surface area contributed by atoms with Crippen LogP contribution in [0.1, 0.15) is 6.92 Å². The van der Waals surface area contributed by atoms with Crippen LogP contribution >= 0.6 is 23.4 Å². The number of hydrogen-bond donors (Lipinski definition) is 1. The van der Waals surface area contributed by atoms with Crippen molar-refractivity contribution in [2.24, 2.45) is 0 Å². The van der Waals surface area contributed by atoms with E-state index < -0.39 is 11.1 Å². The fourth-order valence-corrected chi connectivity index (χ4v) is 4.14. The van der Waals surface area contributed by atoms with Crippen molar-refractivity contribution in [3.05, 3.63) is 83.4 Å². The number of aromatic nitrogens is 2. The molecule has 31 heavy (non-hydrogen) atoms. The SMILES string of the molecule is CC(Sc1nnc(-c2ccc(F)cc2)c2ccccc12)C(=O)Nc1ccc(F)cc1Cl. The third kappa shape index (κ3) is 4.68. The molecule has 156 valence electrons. The maximum Gasteiger partial charge on any atom is 0.237 e. The first-order chi connectivity index (χ1) is 14.9. The van der Waals surface area contributed by atoms with Crippen LogP contribution in [0.3, 0.4) is 0 Å². The van der Waals surface area contributed by atoms with E-state index in [0.717, 1.165) is 22.4 Å². The molecule has 0 spiro atoms. The van der Waals surface area contributed by atoms with Crippen molar-refractivity contribution >= 4 is 45.7 Å². The molecule has 0 radical (unpaired) electrons. The molecule has 0 aliphatic heterocycles. The van der Waals surface area contributed by atoms with Crippen LogP contribution in [0.5, 0.6) is 0 Å². The maximum atomic E-state index is 13.3. The van der Waals surface area contributed by atoms with E-state index >= 15 is 0 Å². The largest absolute Gasteiger partial charge is 0.324 e. The first-order valence-corrected chi connectivity index (χ1v) is 10.6. The molecule has 0 saturated carbocycles. The summed E-state index contributed by atoms with van der Waals surface area (Å²) in [6.45, 7) is 1.74. The summed E-state index contributed by atoms with van der Waals surface area (Å²) in [6, 6.07) is 17.4. The smallest absolute Gasteiger partial charge is 0.237 e. The Morgan fingerprint density at radius 2 is 1.65 bits per heavy atom. The Hall–Kier alpha value is -3.03. The van der Waals surface area contributed by atoms with E-state index in [0.29, 0.717) is 16.4 Å². The first kappa shape index (κ1) is 21.2. The molecule has 4 nitrogen and oxygen atoms in total. The van der Waals surface area contributed by atoms with Crippen molar-refractivity contribution in [3.8, 4) is 11.3 Å². The van der Waals surface area contributed by atoms with E-state index in [4.69, 9.17) is 11.6 Å². The minimum atomic E-state index is -0.518. The Bertz CT molecular complexity index is 1270. The summed E-state index contributed by atoms with van der Waals surface area (Å²) >= 11 is 7.25. The van der Waals surface area contributed by atoms with Gasteiger partial charge in [-0.25, -0.2) is 8.78 Å². The molecule has 1 aromatic heterocycles. The van der Waals surface area contributed by atoms with Gasteiger partial charge >= 0.3 is 0 Å². The second kappa shape index (κ2) is 8.99. The predicted molar refractivity (Wildman–Crippen MR) is 120 cm³/mol. The molecule has 1 amide bonds. The van der Waals surface area contributed by atoms with E-state index in [1.807, 2.05) is 24.3 Å². The first-order valence-electron chi connectivity index (χ1n) is 9.36. The Balaban J connectivity index is 1.60. The van der Waals surface area contributed by atoms with E-state index in [1.165, 1.54) is 36.0 Å². The summed E-state index contributed by atoms with van der Waals surface area (Å²) in [4.78, 5) is 12.6. The van der Waals surface area contributed by atoms with Gasteiger partial charge in [0.1, 0.15) is 22.4 Å². The molecule has 0 bridgehead atoms. The van der Waals surface area contributed by atoms with E-state index in [2.05, 4.69) is 15.5 Å². The molecule has 0 aliphatic rings. The number of anilines is 1. The second-order valence-corrected chi connectivity index (χ2v) is 8.52. The number of nitrogens with zero attached hydrogens (tertiary/aromatic N) is 2. The summed E-state index contributed by atoms with van der Waals surface area (Å²) in [5.74, 6) is -1.10. The number of thioether (sulfide) groups is 1. The molecule has 0 aliphatic carbocycles. The number of fused-ring (bicyclic) bond motifs is 1. The van der Waals surface area contributed by atoms with Crippen molar-refractivity contribution in [1.82, 2.24) is 10.2 Å². The molecule has 1 atom stereocenters. The summed E-state index contributed by atoms with van der Waals surface area (Å²) in [5, 5.41) is 13.3. The van der Waals surface area contributed by atoms with Gasteiger partial charge in [0.25, 0.3) is 0 Å². The second-order valence-electron chi connectivity index (χ2n) is 6.78. The summed E-state index contributed by atoms with van der Waals surface area (Å²) in [5.41, 5.74) is 1.72. The van der Waals surface area contributed by atoms with Crippen LogP contribution in [0, 0.1) is 11.6 Å². The number of rotatable bonds is 5. The average Bonchev–Trinajstić information content (AvgIpc) is 2.76. The summed E-state index contributed by atoms with van der Waals surface area (Å²) in [6.07, 6.45) is 0. The topological polar surface area (TPSA) is 54.9 Å². The van der Waals surface area contributed by atoms with Gasteiger partial charge < -0.3 is 5.32 Å². The lowest BCUT2D eigenvalue weighted by atomic mass is 10.1. The van der Waals surface area contributed by atoms with Gasteiger partial charge in [0.2, 0.25) is 5.91 Å². The molecule has 0 fully saturated rings. The highest BCUT2D eigenvalue weighted by Crippen LogP contribution is 2.34. The van der Waals surface area contributed by atoms with Crippen molar-refractivity contribution in [2.75, 3.05) is 5.32 Å². The molecular weight excluding hydrogens is 440 g/mol. The normalized spacial score (nSPS) is 12.0. The summed E-state index contributed by atoms with van der Waals surface area (Å²) in [7, 11) is 0. The highest BCUT2D eigenvalue weighted by atomic mass is 35.5. The van der Waals surface area contributed by atoms with Crippen molar-refractivity contribution in [2.45, 2.75) is 17.2 Å². The predicted octanol–water partition coefficient (Wildman–Crippen LogP) is 6.35. The van der Waals surface area contributed by atoms with Gasteiger partial charge in [-0.15, -0.1) is 10.2 Å². The van der Waals surface area contributed by atoms with Gasteiger partial charge in [-0.05, 0) is 49.4 Å². The molecule has 4 rings (SSSR count). The molecule has 1 heterocycles. The molecule has 3 aromatic carbocycles. The van der Waals surface area contributed by atoms with Gasteiger partial charge in [0.05, 0.1) is 16.0 Å². The molecule has 1 N–H and O–H groups in total. The number of hydrogen-bond acceptors (Lipinski definition) is 4. The van der Waals surface area contributed by atoms with Crippen LogP contribution in [0.25, 0.3) is 22.0 Å². The molecule has 8 heteroatoms. The van der Waals surface area contributed by atoms with Gasteiger partial charge in [0.15, 0.2) is 0 Å². The van der Waals surface area contributed by atoms with Crippen LogP contribution in [0.15, 0.2) is 71.8 Å². The molecule has 0 saturated heterocycles. The van der Waals surface area contributed by atoms with Gasteiger partial charge in [-0.3, -0.25) is 4.79 Å². The monoisotopic (exact) mass is 455 g/mol. The van der Waals surface area contributed by atoms with Gasteiger partial charge in [-0.1, -0.05) is 47.6 Å². The third-order valence-corrected chi connectivity index (χ3v) is 6.02. The summed E-state index contributed by atoms with van der Waals surface area (Å²) < 4.78 is 26.5. The number of carbonyl (C=O) groups excluding carboxylic acids is 1. The van der Waals surface area contributed by atoms with Crippen molar-refractivity contribution in [3.63, 3.8) is 0 Å². The third-order valence-electron chi connectivity index (χ3n) is 4.62. The van der Waals surface area contributed by atoms with Crippen LogP contribution in [0.4, 0.5) is 14.5 Å². The number of amides is 1. The molecular formula is C23H16ClF2N3OS. The standard InChI is InChI=1S/C23H16ClF2N3OS/c1-13(22(30)27-20-11-10-16(26)12-19(20)24)31-23-18-5-3-2-4-17(18)21(28-29-23)14-6-8-15(25)9-7-14/h2-13H,1H3,(H,27,30). The van der Waals surface area contributed by atoms with Crippen LogP contribution in [-0.4, -0.2) is 21.4 Å². The van der Waals surface area contributed by atoms with Crippen LogP contribution in [0.2, 0.25) is 5.02 Å². The Labute approximate surface area is 186 Å². The van der Waals surface area contributed by atoms with E-state index in [9.17, 15) is 13.6 Å². The van der Waals surface area contributed by atoms with E-state index in [1.54, 1.807) is 19.1 Å². The Morgan fingerprint density at radius 1 is 0.968 bits per heavy atom. The fraction of sp³-hybridized carbons (Fsp3) is 0.0870. The van der Waals surface area contributed by atoms with Crippen LogP contribution in [-0.2, 0) is 4.79 Å². The molecule has 4 aromatic rings. The Kier molecular flexibility index (Phi) is 6.15. The highest BCUT2D eigenvalue weighted by molar-refractivity contribution is 8.00. The van der Waals surface area contributed by atoms with Crippen LogP contribution < -0.4 is 5.32 Å². The Morgan fingerprint density at radius 3 is 2.35 bits per heavy atom. The van der Waals surface area contributed by atoms with Gasteiger partial charge in [-0.2, -0.15) is 0 Å². The average molecular weight is 456 g/mol.